The molecule has 54 heavy (non-hydrogen) atoms. The van der Waals surface area contributed by atoms with E-state index in [2.05, 4.69) is 97.1 Å². The van der Waals surface area contributed by atoms with Crippen LogP contribution in [0.15, 0.2) is 185 Å². The summed E-state index contributed by atoms with van der Waals surface area (Å²) >= 11 is 0. The maximum Gasteiger partial charge on any atom is 0.164 e. The second-order valence-corrected chi connectivity index (χ2v) is 13.5. The third kappa shape index (κ3) is 4.83. The zero-order valence-electron chi connectivity index (χ0n) is 28.9. The number of para-hydroxylation sites is 1. The van der Waals surface area contributed by atoms with Crippen molar-refractivity contribution in [2.24, 2.45) is 0 Å². The van der Waals surface area contributed by atoms with Crippen LogP contribution in [0.5, 0.6) is 0 Å². The van der Waals surface area contributed by atoms with Gasteiger partial charge < -0.3 is 8.83 Å². The number of benzene rings is 8. The van der Waals surface area contributed by atoms with Gasteiger partial charge in [-0.2, -0.15) is 0 Å². The second-order valence-electron chi connectivity index (χ2n) is 13.5. The van der Waals surface area contributed by atoms with Crippen LogP contribution < -0.4 is 0 Å². The first-order valence-corrected chi connectivity index (χ1v) is 18.0. The molecule has 252 valence electrons. The van der Waals surface area contributed by atoms with Crippen molar-refractivity contribution in [2.75, 3.05) is 0 Å². The normalized spacial score (nSPS) is 11.7. The number of nitrogens with zero attached hydrogens (tertiary/aromatic N) is 3. The number of fused-ring (bicyclic) bond motifs is 8. The van der Waals surface area contributed by atoms with E-state index in [1.54, 1.807) is 0 Å². The van der Waals surface area contributed by atoms with Crippen molar-refractivity contribution in [1.29, 1.82) is 0 Å². The van der Waals surface area contributed by atoms with Gasteiger partial charge in [0.25, 0.3) is 0 Å². The number of rotatable bonds is 5. The lowest BCUT2D eigenvalue weighted by atomic mass is 9.93. The fourth-order valence-electron chi connectivity index (χ4n) is 7.87. The molecule has 3 heterocycles. The molecular weight excluding hydrogens is 663 g/mol. The summed E-state index contributed by atoms with van der Waals surface area (Å²) in [5, 5.41) is 6.26. The number of furan rings is 2. The largest absolute Gasteiger partial charge is 0.456 e. The van der Waals surface area contributed by atoms with Crippen LogP contribution >= 0.6 is 0 Å². The Morgan fingerprint density at radius 3 is 1.50 bits per heavy atom. The van der Waals surface area contributed by atoms with Gasteiger partial charge in [0.2, 0.25) is 0 Å². The van der Waals surface area contributed by atoms with Crippen molar-refractivity contribution in [1.82, 2.24) is 15.0 Å². The Kier molecular flexibility index (Phi) is 6.79. The highest BCUT2D eigenvalue weighted by molar-refractivity contribution is 6.25. The van der Waals surface area contributed by atoms with Crippen LogP contribution in [0.1, 0.15) is 0 Å². The quantitative estimate of drug-likeness (QED) is 0.180. The summed E-state index contributed by atoms with van der Waals surface area (Å²) in [6.07, 6.45) is 0. The van der Waals surface area contributed by atoms with Crippen molar-refractivity contribution in [3.63, 3.8) is 0 Å². The lowest BCUT2D eigenvalue weighted by Gasteiger charge is -2.11. The minimum atomic E-state index is 0.571. The molecule has 0 aliphatic heterocycles. The van der Waals surface area contributed by atoms with E-state index in [9.17, 15) is 0 Å². The van der Waals surface area contributed by atoms with E-state index in [1.165, 1.54) is 11.1 Å². The summed E-state index contributed by atoms with van der Waals surface area (Å²) in [5.74, 6) is 1.74. The van der Waals surface area contributed by atoms with Crippen molar-refractivity contribution >= 4 is 54.6 Å². The van der Waals surface area contributed by atoms with Gasteiger partial charge in [0.05, 0.1) is 0 Å². The van der Waals surface area contributed by atoms with Crippen LogP contribution in [0.4, 0.5) is 0 Å². The lowest BCUT2D eigenvalue weighted by Crippen LogP contribution is -2.00. The fraction of sp³-hybridized carbons (Fsp3) is 0. The molecular formula is C49H29N3O2. The van der Waals surface area contributed by atoms with Crippen molar-refractivity contribution < 1.29 is 8.83 Å². The maximum absolute atomic E-state index is 6.72. The molecule has 0 unspecified atom stereocenters. The molecule has 3 aromatic heterocycles. The highest BCUT2D eigenvalue weighted by Crippen LogP contribution is 2.44. The molecule has 0 aliphatic rings. The Hall–Kier alpha value is -7.37. The molecule has 8 aromatic carbocycles. The van der Waals surface area contributed by atoms with E-state index in [4.69, 9.17) is 23.8 Å². The van der Waals surface area contributed by atoms with Crippen LogP contribution in [-0.2, 0) is 0 Å². The van der Waals surface area contributed by atoms with E-state index < -0.39 is 0 Å². The Morgan fingerprint density at radius 1 is 0.278 bits per heavy atom. The molecule has 0 saturated carbocycles. The van der Waals surface area contributed by atoms with Gasteiger partial charge in [0.1, 0.15) is 22.3 Å². The van der Waals surface area contributed by atoms with Crippen molar-refractivity contribution in [3.05, 3.63) is 176 Å². The molecule has 0 fully saturated rings. The summed E-state index contributed by atoms with van der Waals surface area (Å²) in [4.78, 5) is 15.5. The van der Waals surface area contributed by atoms with Gasteiger partial charge in [-0.1, -0.05) is 152 Å². The molecule has 0 atom stereocenters. The van der Waals surface area contributed by atoms with E-state index in [1.807, 2.05) is 78.9 Å². The Labute approximate surface area is 309 Å². The lowest BCUT2D eigenvalue weighted by molar-refractivity contribution is 0.669. The Bertz CT molecular complexity index is 3200. The number of aromatic nitrogens is 3. The minimum Gasteiger partial charge on any atom is -0.456 e. The van der Waals surface area contributed by atoms with Crippen molar-refractivity contribution in [2.45, 2.75) is 0 Å². The monoisotopic (exact) mass is 691 g/mol. The summed E-state index contributed by atoms with van der Waals surface area (Å²) in [6.45, 7) is 0. The average molecular weight is 692 g/mol. The molecule has 0 radical (unpaired) electrons. The van der Waals surface area contributed by atoms with Crippen LogP contribution in [0.3, 0.4) is 0 Å². The maximum atomic E-state index is 6.72. The number of hydrogen-bond donors (Lipinski definition) is 0. The zero-order valence-corrected chi connectivity index (χ0v) is 28.9. The predicted octanol–water partition coefficient (Wildman–Crippen LogP) is 13.2. The van der Waals surface area contributed by atoms with Crippen LogP contribution in [0, 0.1) is 0 Å². The van der Waals surface area contributed by atoms with Gasteiger partial charge in [0, 0.05) is 38.2 Å². The molecule has 0 N–H and O–H groups in total. The Morgan fingerprint density at radius 2 is 0.778 bits per heavy atom. The zero-order chi connectivity index (χ0) is 35.6. The van der Waals surface area contributed by atoms with Crippen molar-refractivity contribution in [3.8, 4) is 56.4 Å². The molecule has 11 aromatic rings. The predicted molar refractivity (Wildman–Crippen MR) is 219 cm³/mol. The minimum absolute atomic E-state index is 0.571. The van der Waals surface area contributed by atoms with Crippen LogP contribution in [-0.4, -0.2) is 15.0 Å². The summed E-state index contributed by atoms with van der Waals surface area (Å²) in [6, 6.07) is 60.4. The fourth-order valence-corrected chi connectivity index (χ4v) is 7.87. The standard InChI is InChI=1S/C49H29N3O2/c1-3-13-30(14-4-1)31-25-27-32(28-26-31)39-29-43-45(35-18-8-7-17-34(35)39)46-38(21-12-24-42(46)54-43)49-51-47(33-15-5-2-6-16-33)50-48(52-49)37-20-11-23-41-44(37)36-19-9-10-22-40(36)53-41/h1-29H. The summed E-state index contributed by atoms with van der Waals surface area (Å²) in [5.41, 5.74) is 10.5. The second kappa shape index (κ2) is 12.1. The third-order valence-electron chi connectivity index (χ3n) is 10.4. The first-order valence-electron chi connectivity index (χ1n) is 18.0. The van der Waals surface area contributed by atoms with Gasteiger partial charge in [0.15, 0.2) is 17.5 Å². The van der Waals surface area contributed by atoms with Crippen LogP contribution in [0.25, 0.3) is 111 Å². The van der Waals surface area contributed by atoms with Gasteiger partial charge in [-0.15, -0.1) is 0 Å². The molecule has 0 saturated heterocycles. The molecule has 5 nitrogen and oxygen atoms in total. The highest BCUT2D eigenvalue weighted by Gasteiger charge is 2.22. The molecule has 0 amide bonds. The molecule has 11 rings (SSSR count). The van der Waals surface area contributed by atoms with E-state index in [0.29, 0.717) is 17.5 Å². The molecule has 0 spiro atoms. The summed E-state index contributed by atoms with van der Waals surface area (Å²) in [7, 11) is 0. The highest BCUT2D eigenvalue weighted by atomic mass is 16.3. The Balaban J connectivity index is 1.15. The molecule has 0 aliphatic carbocycles. The number of hydrogen-bond acceptors (Lipinski definition) is 5. The SMILES string of the molecule is c1ccc(-c2ccc(-c3cc4oc5cccc(-c6nc(-c7ccccc7)nc(-c7cccc8oc9ccccc9c78)n6)c5c4c4ccccc34)cc2)cc1. The molecule has 5 heteroatoms. The van der Waals surface area contributed by atoms with Gasteiger partial charge >= 0.3 is 0 Å². The summed E-state index contributed by atoms with van der Waals surface area (Å²) < 4.78 is 13.0. The van der Waals surface area contributed by atoms with E-state index >= 15 is 0 Å². The average Bonchev–Trinajstić information content (AvgIpc) is 3.83. The molecule has 0 bridgehead atoms. The third-order valence-corrected chi connectivity index (χ3v) is 10.4. The topological polar surface area (TPSA) is 65.0 Å². The van der Waals surface area contributed by atoms with Gasteiger partial charge in [-0.3, -0.25) is 0 Å². The first-order chi connectivity index (χ1) is 26.8. The first kappa shape index (κ1) is 30.3. The van der Waals surface area contributed by atoms with E-state index in [-0.39, 0.29) is 0 Å². The van der Waals surface area contributed by atoms with Gasteiger partial charge in [-0.25, -0.2) is 15.0 Å². The van der Waals surface area contributed by atoms with Gasteiger partial charge in [-0.05, 0) is 57.3 Å². The van der Waals surface area contributed by atoms with E-state index in [0.717, 1.165) is 82.5 Å². The smallest absolute Gasteiger partial charge is 0.164 e. The van der Waals surface area contributed by atoms with Crippen LogP contribution in [0.2, 0.25) is 0 Å².